The van der Waals surface area contributed by atoms with Crippen LogP contribution in [-0.4, -0.2) is 119 Å². The van der Waals surface area contributed by atoms with E-state index in [1.165, 1.54) is 26.8 Å². The third-order valence-electron chi connectivity index (χ3n) is 13.5. The first-order chi connectivity index (χ1) is 21.9. The Morgan fingerprint density at radius 2 is 1.62 bits per heavy atom. The van der Waals surface area contributed by atoms with Crippen molar-refractivity contribution in [2.45, 2.75) is 141 Å². The molecule has 1 heterocycles. The molecule has 272 valence electrons. The number of Topliss-reactive ketones (excluding diaryl/α,β-unsaturated/α-hetero) is 1. The lowest BCUT2D eigenvalue weighted by atomic mass is 9.38. The lowest BCUT2D eigenvalue weighted by molar-refractivity contribution is -0.323. The largest absolute Gasteiger partial charge is 0.394 e. The first kappa shape index (κ1) is 37.7. The SMILES string of the molecule is CC(C)(O)/C=C/C(=O)[C@](C)(O)[C@H]1[C@H](O)C[C@@]2(C)[C@H]3CC=C4[C@@H](C[C@H](O[C@@H]5O[C@H](CO)[C@@H](O)[C@H](O)[C@H]5O)[C@H](O)C4(C)C)[C@]3(C)C(=O)C[C@]12C. The van der Waals surface area contributed by atoms with Gasteiger partial charge >= 0.3 is 0 Å². The van der Waals surface area contributed by atoms with Crippen molar-refractivity contribution in [2.24, 2.45) is 39.4 Å². The van der Waals surface area contributed by atoms with Crippen LogP contribution in [0.15, 0.2) is 23.8 Å². The molecule has 15 atom stereocenters. The Kier molecular flexibility index (Phi) is 9.42. The number of aliphatic hydroxyl groups is 8. The highest BCUT2D eigenvalue weighted by Crippen LogP contribution is 2.74. The van der Waals surface area contributed by atoms with Gasteiger partial charge in [0.05, 0.1) is 30.5 Å². The number of aliphatic hydroxyl groups excluding tert-OH is 6. The molecular formula is C36H56O12. The van der Waals surface area contributed by atoms with Gasteiger partial charge in [0.25, 0.3) is 0 Å². The van der Waals surface area contributed by atoms with E-state index in [2.05, 4.69) is 6.08 Å². The molecule has 0 unspecified atom stereocenters. The summed E-state index contributed by atoms with van der Waals surface area (Å²) in [6, 6.07) is 0. The molecule has 5 rings (SSSR count). The number of carbonyl (C=O) groups is 2. The van der Waals surface area contributed by atoms with Gasteiger partial charge in [0, 0.05) is 23.2 Å². The van der Waals surface area contributed by atoms with E-state index in [1.54, 1.807) is 0 Å². The zero-order valence-electron chi connectivity index (χ0n) is 29.3. The van der Waals surface area contributed by atoms with E-state index in [9.17, 15) is 50.4 Å². The van der Waals surface area contributed by atoms with Crippen LogP contribution in [0.2, 0.25) is 0 Å². The minimum absolute atomic E-state index is 0.0120. The van der Waals surface area contributed by atoms with Gasteiger partial charge in [0.1, 0.15) is 35.8 Å². The van der Waals surface area contributed by atoms with Crippen LogP contribution in [0.1, 0.15) is 81.1 Å². The fraction of sp³-hybridized carbons (Fsp3) is 0.833. The monoisotopic (exact) mass is 680 g/mol. The molecule has 0 amide bonds. The fourth-order valence-corrected chi connectivity index (χ4v) is 10.6. The molecule has 4 fully saturated rings. The van der Waals surface area contributed by atoms with Crippen LogP contribution in [0.25, 0.3) is 0 Å². The number of ketones is 2. The molecule has 12 nitrogen and oxygen atoms in total. The predicted octanol–water partition coefficient (Wildman–Crippen LogP) is 0.545. The molecule has 0 aromatic carbocycles. The summed E-state index contributed by atoms with van der Waals surface area (Å²) in [5, 5.41) is 86.2. The van der Waals surface area contributed by atoms with E-state index in [0.717, 1.165) is 11.6 Å². The van der Waals surface area contributed by atoms with Crippen LogP contribution in [0.4, 0.5) is 0 Å². The van der Waals surface area contributed by atoms with Crippen LogP contribution in [-0.2, 0) is 19.1 Å². The molecule has 0 spiro atoms. The summed E-state index contributed by atoms with van der Waals surface area (Å²) in [6.45, 7) is 13.3. The quantitative estimate of drug-likeness (QED) is 0.137. The summed E-state index contributed by atoms with van der Waals surface area (Å²) in [5.41, 5.74) is -5.97. The van der Waals surface area contributed by atoms with Gasteiger partial charge in [-0.3, -0.25) is 9.59 Å². The molecule has 12 heteroatoms. The highest BCUT2D eigenvalue weighted by molar-refractivity contribution is 5.97. The van der Waals surface area contributed by atoms with E-state index in [1.807, 2.05) is 34.6 Å². The number of carbonyl (C=O) groups excluding carboxylic acids is 2. The van der Waals surface area contributed by atoms with E-state index in [0.29, 0.717) is 6.42 Å². The maximum absolute atomic E-state index is 14.7. The third-order valence-corrected chi connectivity index (χ3v) is 13.5. The molecular weight excluding hydrogens is 624 g/mol. The van der Waals surface area contributed by atoms with Crippen molar-refractivity contribution in [3.8, 4) is 0 Å². The minimum atomic E-state index is -2.03. The Morgan fingerprint density at radius 1 is 1.00 bits per heavy atom. The Labute approximate surface area is 282 Å². The predicted molar refractivity (Wildman–Crippen MR) is 172 cm³/mol. The maximum Gasteiger partial charge on any atom is 0.187 e. The fourth-order valence-electron chi connectivity index (χ4n) is 10.6. The topological polar surface area (TPSA) is 214 Å². The number of fused-ring (bicyclic) bond motifs is 5. The van der Waals surface area contributed by atoms with Crippen LogP contribution >= 0.6 is 0 Å². The van der Waals surface area contributed by atoms with Gasteiger partial charge in [-0.2, -0.15) is 0 Å². The summed E-state index contributed by atoms with van der Waals surface area (Å²) >= 11 is 0. The minimum Gasteiger partial charge on any atom is -0.394 e. The van der Waals surface area contributed by atoms with E-state index >= 15 is 0 Å². The number of allylic oxidation sites excluding steroid dienone is 1. The van der Waals surface area contributed by atoms with Crippen LogP contribution in [0.5, 0.6) is 0 Å². The molecule has 0 aromatic rings. The number of ether oxygens (including phenoxy) is 2. The van der Waals surface area contributed by atoms with Crippen LogP contribution < -0.4 is 0 Å². The summed E-state index contributed by atoms with van der Waals surface area (Å²) in [6.07, 6.45) is -5.31. The van der Waals surface area contributed by atoms with Gasteiger partial charge < -0.3 is 50.3 Å². The van der Waals surface area contributed by atoms with Gasteiger partial charge in [-0.25, -0.2) is 0 Å². The lowest BCUT2D eigenvalue weighted by Crippen LogP contribution is -2.66. The van der Waals surface area contributed by atoms with Gasteiger partial charge in [0.15, 0.2) is 12.1 Å². The highest BCUT2D eigenvalue weighted by Gasteiger charge is 2.74. The van der Waals surface area contributed by atoms with Gasteiger partial charge in [0.2, 0.25) is 0 Å². The van der Waals surface area contributed by atoms with Crippen molar-refractivity contribution in [1.29, 1.82) is 0 Å². The average molecular weight is 681 g/mol. The smallest absolute Gasteiger partial charge is 0.187 e. The lowest BCUT2D eigenvalue weighted by Gasteiger charge is -2.65. The molecule has 48 heavy (non-hydrogen) atoms. The van der Waals surface area contributed by atoms with Crippen molar-refractivity contribution in [1.82, 2.24) is 0 Å². The Bertz CT molecular complexity index is 1350. The van der Waals surface area contributed by atoms with Gasteiger partial charge in [-0.1, -0.05) is 52.3 Å². The number of hydrogen-bond donors (Lipinski definition) is 8. The maximum atomic E-state index is 14.7. The summed E-state index contributed by atoms with van der Waals surface area (Å²) in [5.74, 6) is -2.47. The third kappa shape index (κ3) is 5.41. The molecule has 0 bridgehead atoms. The number of rotatable bonds is 7. The summed E-state index contributed by atoms with van der Waals surface area (Å²) in [7, 11) is 0. The van der Waals surface area contributed by atoms with E-state index in [4.69, 9.17) is 9.47 Å². The molecule has 5 aliphatic rings. The molecule has 4 aliphatic carbocycles. The van der Waals surface area contributed by atoms with Crippen molar-refractivity contribution in [2.75, 3.05) is 6.61 Å². The second kappa shape index (κ2) is 12.0. The van der Waals surface area contributed by atoms with Crippen molar-refractivity contribution >= 4 is 11.6 Å². The zero-order valence-corrected chi connectivity index (χ0v) is 29.3. The van der Waals surface area contributed by atoms with Crippen molar-refractivity contribution in [3.05, 3.63) is 23.8 Å². The molecule has 3 saturated carbocycles. The Balaban J connectivity index is 1.50. The van der Waals surface area contributed by atoms with Crippen molar-refractivity contribution in [3.63, 3.8) is 0 Å². The molecule has 1 aliphatic heterocycles. The van der Waals surface area contributed by atoms with Crippen molar-refractivity contribution < 1.29 is 59.9 Å². The van der Waals surface area contributed by atoms with E-state index < -0.39 is 106 Å². The summed E-state index contributed by atoms with van der Waals surface area (Å²) < 4.78 is 11.8. The Hall–Kier alpha value is -1.58. The van der Waals surface area contributed by atoms with Gasteiger partial charge in [-0.05, 0) is 68.8 Å². The molecule has 0 radical (unpaired) electrons. The molecule has 8 N–H and O–H groups in total. The van der Waals surface area contributed by atoms with Gasteiger partial charge in [-0.15, -0.1) is 0 Å². The first-order valence-electron chi connectivity index (χ1n) is 17.1. The number of hydrogen-bond acceptors (Lipinski definition) is 12. The second-order valence-corrected chi connectivity index (χ2v) is 17.2. The summed E-state index contributed by atoms with van der Waals surface area (Å²) in [4.78, 5) is 28.1. The highest BCUT2D eigenvalue weighted by atomic mass is 16.7. The van der Waals surface area contributed by atoms with E-state index in [-0.39, 0.29) is 31.0 Å². The second-order valence-electron chi connectivity index (χ2n) is 17.2. The zero-order chi connectivity index (χ0) is 36.2. The average Bonchev–Trinajstić information content (AvgIpc) is 3.19. The first-order valence-corrected chi connectivity index (χ1v) is 17.1. The van der Waals surface area contributed by atoms with Crippen LogP contribution in [0, 0.1) is 39.4 Å². The standard InChI is InChI=1S/C36H56O12/c1-31(2,45)12-11-23(39)36(8,46)28-19(38)14-33(5)22-10-9-17-18(35(22,7)24(40)15-34(28,33)6)13-20(29(44)32(17,3)4)47-30-27(43)26(42)25(41)21(16-37)48-30/h9,11-12,18-22,25-30,37-38,41-46H,10,13-16H2,1-8H3/b12-11+/t18-,19-,20+,21-,22-,25-,26+,27-,28+,29+,30-,33+,34-,35+,36+/m1/s1. The molecule has 1 saturated heterocycles. The molecule has 0 aromatic heterocycles. The Morgan fingerprint density at radius 3 is 2.21 bits per heavy atom. The normalized spacial score (nSPS) is 48.7. The van der Waals surface area contributed by atoms with Crippen LogP contribution in [0.3, 0.4) is 0 Å².